The highest BCUT2D eigenvalue weighted by molar-refractivity contribution is 4.64. The SMILES string of the molecule is C.C=CCCCCC.CC.CC.CC.CC. The number of rotatable bonds is 4. The maximum Gasteiger partial charge on any atom is -0.0353 e. The van der Waals surface area contributed by atoms with Crippen molar-refractivity contribution in [3.8, 4) is 0 Å². The molecule has 0 aliphatic carbocycles. The Hall–Kier alpha value is -0.260. The Morgan fingerprint density at radius 3 is 1.25 bits per heavy atom. The molecule has 0 heterocycles. The molecule has 16 heavy (non-hydrogen) atoms. The molecule has 0 spiro atoms. The van der Waals surface area contributed by atoms with Crippen LogP contribution in [0, 0.1) is 0 Å². The van der Waals surface area contributed by atoms with Gasteiger partial charge in [-0.15, -0.1) is 6.58 Å². The van der Waals surface area contributed by atoms with Crippen LogP contribution in [0.4, 0.5) is 0 Å². The van der Waals surface area contributed by atoms with Crippen molar-refractivity contribution in [3.63, 3.8) is 0 Å². The second kappa shape index (κ2) is 124. The van der Waals surface area contributed by atoms with Crippen LogP contribution in [-0.4, -0.2) is 0 Å². The van der Waals surface area contributed by atoms with E-state index in [4.69, 9.17) is 0 Å². The van der Waals surface area contributed by atoms with Crippen molar-refractivity contribution >= 4 is 0 Å². The van der Waals surface area contributed by atoms with E-state index in [1.54, 1.807) is 0 Å². The summed E-state index contributed by atoms with van der Waals surface area (Å²) >= 11 is 0. The van der Waals surface area contributed by atoms with E-state index in [1.165, 1.54) is 25.7 Å². The molecule has 0 N–H and O–H groups in total. The molecule has 0 aliphatic heterocycles. The summed E-state index contributed by atoms with van der Waals surface area (Å²) in [6, 6.07) is 0. The van der Waals surface area contributed by atoms with Crippen LogP contribution in [0.5, 0.6) is 0 Å². The lowest BCUT2D eigenvalue weighted by atomic mass is 10.2. The number of unbranched alkanes of at least 4 members (excludes halogenated alkanes) is 3. The third kappa shape index (κ3) is 159. The maximum absolute atomic E-state index is 3.63. The smallest absolute Gasteiger partial charge is 0.0353 e. The molecule has 0 aromatic heterocycles. The van der Waals surface area contributed by atoms with Crippen LogP contribution < -0.4 is 0 Å². The quantitative estimate of drug-likeness (QED) is 0.349. The highest BCUT2D eigenvalue weighted by Gasteiger charge is 1.77. The molecule has 0 amide bonds. The molecule has 0 radical (unpaired) electrons. The summed E-state index contributed by atoms with van der Waals surface area (Å²) in [6.45, 7) is 21.8. The lowest BCUT2D eigenvalue weighted by Crippen LogP contribution is -1.67. The zero-order chi connectivity index (χ0) is 13.5. The zero-order valence-electron chi connectivity index (χ0n) is 13.1. The van der Waals surface area contributed by atoms with Crippen LogP contribution in [0.1, 0.15) is 95.4 Å². The highest BCUT2D eigenvalue weighted by atomic mass is 13.8. The van der Waals surface area contributed by atoms with Gasteiger partial charge in [-0.1, -0.05) is 88.7 Å². The molecule has 106 valence electrons. The highest BCUT2D eigenvalue weighted by Crippen LogP contribution is 1.97. The van der Waals surface area contributed by atoms with Crippen molar-refractivity contribution in [3.05, 3.63) is 12.7 Å². The second-order valence-corrected chi connectivity index (χ2v) is 1.78. The first-order chi connectivity index (χ1) is 7.41. The maximum atomic E-state index is 3.63. The van der Waals surface area contributed by atoms with Gasteiger partial charge in [0.05, 0.1) is 0 Å². The van der Waals surface area contributed by atoms with E-state index in [1.807, 2.05) is 61.5 Å². The van der Waals surface area contributed by atoms with Crippen molar-refractivity contribution in [2.24, 2.45) is 0 Å². The Morgan fingerprint density at radius 2 is 1.06 bits per heavy atom. The van der Waals surface area contributed by atoms with Gasteiger partial charge in [0.15, 0.2) is 0 Å². The summed E-state index contributed by atoms with van der Waals surface area (Å²) in [5.41, 5.74) is 0. The fourth-order valence-electron chi connectivity index (χ4n) is 0.539. The number of hydrogen-bond acceptors (Lipinski definition) is 0. The van der Waals surface area contributed by atoms with E-state index >= 15 is 0 Å². The van der Waals surface area contributed by atoms with Gasteiger partial charge in [-0.2, -0.15) is 0 Å². The van der Waals surface area contributed by atoms with Gasteiger partial charge in [-0.05, 0) is 12.8 Å². The van der Waals surface area contributed by atoms with Gasteiger partial charge < -0.3 is 0 Å². The van der Waals surface area contributed by atoms with E-state index in [-0.39, 0.29) is 7.43 Å². The van der Waals surface area contributed by atoms with E-state index in [0.29, 0.717) is 0 Å². The Labute approximate surface area is 109 Å². The molecule has 0 heteroatoms. The summed E-state index contributed by atoms with van der Waals surface area (Å²) in [7, 11) is 0. The van der Waals surface area contributed by atoms with Crippen LogP contribution in [0.25, 0.3) is 0 Å². The number of allylic oxidation sites excluding steroid dienone is 1. The van der Waals surface area contributed by atoms with Crippen molar-refractivity contribution in [2.45, 2.75) is 95.4 Å². The van der Waals surface area contributed by atoms with E-state index in [9.17, 15) is 0 Å². The normalized spacial score (nSPS) is 5.31. The molecule has 0 rings (SSSR count). The minimum absolute atomic E-state index is 0. The number of hydrogen-bond donors (Lipinski definition) is 0. The first-order valence-electron chi connectivity index (χ1n) is 7.02. The van der Waals surface area contributed by atoms with Gasteiger partial charge in [-0.3, -0.25) is 0 Å². The molecule has 0 fully saturated rings. The third-order valence-electron chi connectivity index (χ3n) is 1.01. The van der Waals surface area contributed by atoms with Crippen LogP contribution in [-0.2, 0) is 0 Å². The first-order valence-corrected chi connectivity index (χ1v) is 7.02. The largest absolute Gasteiger partial charge is 0.103 e. The molecule has 0 unspecified atom stereocenters. The van der Waals surface area contributed by atoms with Crippen LogP contribution in [0.3, 0.4) is 0 Å². The van der Waals surface area contributed by atoms with Gasteiger partial charge >= 0.3 is 0 Å². The summed E-state index contributed by atoms with van der Waals surface area (Å²) in [4.78, 5) is 0. The van der Waals surface area contributed by atoms with Crippen molar-refractivity contribution in [2.75, 3.05) is 0 Å². The van der Waals surface area contributed by atoms with Gasteiger partial charge in [0.2, 0.25) is 0 Å². The predicted molar refractivity (Wildman–Crippen MR) is 86.5 cm³/mol. The molecule has 0 saturated heterocycles. The minimum atomic E-state index is 0. The molecular weight excluding hydrogens is 192 g/mol. The molecule has 0 atom stereocenters. The summed E-state index contributed by atoms with van der Waals surface area (Å²) in [5, 5.41) is 0. The summed E-state index contributed by atoms with van der Waals surface area (Å²) in [5.74, 6) is 0. The van der Waals surface area contributed by atoms with Crippen molar-refractivity contribution < 1.29 is 0 Å². The average Bonchev–Trinajstić information content (AvgIpc) is 2.40. The molecule has 0 nitrogen and oxygen atoms in total. The third-order valence-corrected chi connectivity index (χ3v) is 1.01. The minimum Gasteiger partial charge on any atom is -0.103 e. The molecule has 0 aliphatic rings. The Balaban J connectivity index is -0.0000000238. The van der Waals surface area contributed by atoms with Crippen LogP contribution >= 0.6 is 0 Å². The van der Waals surface area contributed by atoms with E-state index in [0.717, 1.165) is 0 Å². The molecule has 0 saturated carbocycles. The average molecular weight is 235 g/mol. The lowest BCUT2D eigenvalue weighted by Gasteiger charge is -1.87. The fourth-order valence-corrected chi connectivity index (χ4v) is 0.539. The van der Waals surface area contributed by atoms with Gasteiger partial charge in [-0.25, -0.2) is 0 Å². The molecule has 0 aromatic carbocycles. The molecule has 0 bridgehead atoms. The topological polar surface area (TPSA) is 0 Å². The summed E-state index contributed by atoms with van der Waals surface area (Å²) in [6.07, 6.45) is 7.16. The monoisotopic (exact) mass is 234 g/mol. The molecular formula is C16H42. The van der Waals surface area contributed by atoms with Gasteiger partial charge in [0, 0.05) is 0 Å². The Bertz CT molecular complexity index is 37.3. The van der Waals surface area contributed by atoms with Crippen molar-refractivity contribution in [1.29, 1.82) is 0 Å². The van der Waals surface area contributed by atoms with E-state index in [2.05, 4.69) is 13.5 Å². The first kappa shape index (κ1) is 36.0. The standard InChI is InChI=1S/C7H14.4C2H6.CH4/c1-3-5-7-6-4-2;4*1-2;/h3H,1,4-7H2,2H3;4*1-2H3;1H4. The zero-order valence-corrected chi connectivity index (χ0v) is 13.1. The summed E-state index contributed by atoms with van der Waals surface area (Å²) < 4.78 is 0. The van der Waals surface area contributed by atoms with E-state index < -0.39 is 0 Å². The van der Waals surface area contributed by atoms with Crippen LogP contribution in [0.2, 0.25) is 0 Å². The lowest BCUT2D eigenvalue weighted by molar-refractivity contribution is 0.730. The Kier molecular flexibility index (Phi) is 279. The van der Waals surface area contributed by atoms with Gasteiger partial charge in [0.1, 0.15) is 0 Å². The van der Waals surface area contributed by atoms with Crippen LogP contribution in [0.15, 0.2) is 12.7 Å². The van der Waals surface area contributed by atoms with Gasteiger partial charge in [0.25, 0.3) is 0 Å². The van der Waals surface area contributed by atoms with Crippen molar-refractivity contribution in [1.82, 2.24) is 0 Å². The Morgan fingerprint density at radius 1 is 0.750 bits per heavy atom. The molecule has 0 aromatic rings. The predicted octanol–water partition coefficient (Wildman–Crippen LogP) is 7.49. The fraction of sp³-hybridized carbons (Fsp3) is 0.875. The second-order valence-electron chi connectivity index (χ2n) is 1.78.